The van der Waals surface area contributed by atoms with Crippen LogP contribution in [0.4, 0.5) is 4.39 Å². The van der Waals surface area contributed by atoms with Gasteiger partial charge in [-0.15, -0.1) is 0 Å². The normalized spacial score (nSPS) is 26.7. The minimum Gasteiger partial charge on any atom is -0.325 e. The zero-order chi connectivity index (χ0) is 14.6. The summed E-state index contributed by atoms with van der Waals surface area (Å²) in [5.74, 6) is 0.699. The van der Waals surface area contributed by atoms with Crippen molar-refractivity contribution >= 4 is 15.9 Å². The summed E-state index contributed by atoms with van der Waals surface area (Å²) in [5.41, 5.74) is 7.05. The molecule has 3 heteroatoms. The van der Waals surface area contributed by atoms with E-state index in [4.69, 9.17) is 5.73 Å². The Kier molecular flexibility index (Phi) is 5.62. The molecule has 1 aromatic carbocycles. The van der Waals surface area contributed by atoms with Crippen molar-refractivity contribution in [2.75, 3.05) is 0 Å². The van der Waals surface area contributed by atoms with Crippen LogP contribution >= 0.6 is 15.9 Å². The fourth-order valence-electron chi connectivity index (χ4n) is 3.27. The Hall–Kier alpha value is -0.410. The first kappa shape index (κ1) is 16.0. The van der Waals surface area contributed by atoms with Crippen molar-refractivity contribution in [2.24, 2.45) is 11.7 Å². The Morgan fingerprint density at radius 2 is 2.05 bits per heavy atom. The largest absolute Gasteiger partial charge is 0.325 e. The second kappa shape index (κ2) is 7.04. The molecule has 112 valence electrons. The third kappa shape index (κ3) is 4.29. The predicted octanol–water partition coefficient (Wildman–Crippen LogP) is 5.21. The lowest BCUT2D eigenvalue weighted by molar-refractivity contribution is 0.220. The van der Waals surface area contributed by atoms with Crippen molar-refractivity contribution in [1.29, 1.82) is 0 Å². The van der Waals surface area contributed by atoms with Gasteiger partial charge in [-0.25, -0.2) is 4.39 Å². The summed E-state index contributed by atoms with van der Waals surface area (Å²) in [6.45, 7) is 2.24. The van der Waals surface area contributed by atoms with Crippen LogP contribution in [0, 0.1) is 11.7 Å². The molecule has 0 aliphatic heterocycles. The molecule has 0 bridgehead atoms. The first-order valence-electron chi connectivity index (χ1n) is 7.75. The van der Waals surface area contributed by atoms with Crippen molar-refractivity contribution in [3.05, 3.63) is 34.1 Å². The summed E-state index contributed by atoms with van der Waals surface area (Å²) < 4.78 is 14.8. The van der Waals surface area contributed by atoms with E-state index in [1.54, 1.807) is 6.07 Å². The molecule has 0 saturated heterocycles. The fourth-order valence-corrected chi connectivity index (χ4v) is 3.68. The van der Waals surface area contributed by atoms with Crippen LogP contribution in [0.25, 0.3) is 0 Å². The summed E-state index contributed by atoms with van der Waals surface area (Å²) in [7, 11) is 0. The van der Waals surface area contributed by atoms with E-state index in [0.717, 1.165) is 28.8 Å². The highest BCUT2D eigenvalue weighted by atomic mass is 79.9. The molecule has 0 heterocycles. The highest BCUT2D eigenvalue weighted by Gasteiger charge is 2.32. The van der Waals surface area contributed by atoms with Crippen LogP contribution in [-0.4, -0.2) is 5.54 Å². The zero-order valence-electron chi connectivity index (χ0n) is 12.3. The topological polar surface area (TPSA) is 26.0 Å². The van der Waals surface area contributed by atoms with Crippen molar-refractivity contribution < 1.29 is 4.39 Å². The minimum absolute atomic E-state index is 0.133. The van der Waals surface area contributed by atoms with Crippen molar-refractivity contribution in [1.82, 2.24) is 0 Å². The number of benzene rings is 1. The number of hydrogen-bond acceptors (Lipinski definition) is 1. The second-order valence-corrected chi connectivity index (χ2v) is 7.28. The van der Waals surface area contributed by atoms with Crippen LogP contribution in [0.15, 0.2) is 22.7 Å². The Balaban J connectivity index is 1.94. The van der Waals surface area contributed by atoms with Crippen LogP contribution in [0.2, 0.25) is 0 Å². The highest BCUT2D eigenvalue weighted by Crippen LogP contribution is 2.35. The van der Waals surface area contributed by atoms with Gasteiger partial charge in [0.15, 0.2) is 0 Å². The van der Waals surface area contributed by atoms with E-state index >= 15 is 0 Å². The molecule has 0 spiro atoms. The van der Waals surface area contributed by atoms with E-state index in [2.05, 4.69) is 22.9 Å². The van der Waals surface area contributed by atoms with E-state index < -0.39 is 0 Å². The lowest BCUT2D eigenvalue weighted by Crippen LogP contribution is -2.45. The maximum absolute atomic E-state index is 13.9. The van der Waals surface area contributed by atoms with E-state index in [9.17, 15) is 4.39 Å². The molecule has 0 unspecified atom stereocenters. The van der Waals surface area contributed by atoms with E-state index in [1.165, 1.54) is 38.2 Å². The van der Waals surface area contributed by atoms with Crippen molar-refractivity contribution in [3.8, 4) is 0 Å². The maximum atomic E-state index is 13.9. The van der Waals surface area contributed by atoms with Gasteiger partial charge in [0.05, 0.1) is 0 Å². The lowest BCUT2D eigenvalue weighted by Gasteiger charge is -2.37. The van der Waals surface area contributed by atoms with E-state index in [-0.39, 0.29) is 11.4 Å². The average molecular weight is 342 g/mol. The molecule has 1 fully saturated rings. The molecule has 1 saturated carbocycles. The first-order chi connectivity index (χ1) is 9.52. The van der Waals surface area contributed by atoms with Gasteiger partial charge in [-0.05, 0) is 61.8 Å². The molecule has 2 rings (SSSR count). The molecular weight excluding hydrogens is 317 g/mol. The smallest absolute Gasteiger partial charge is 0.126 e. The molecule has 2 N–H and O–H groups in total. The Labute approximate surface area is 130 Å². The van der Waals surface area contributed by atoms with Gasteiger partial charge in [-0.2, -0.15) is 0 Å². The highest BCUT2D eigenvalue weighted by molar-refractivity contribution is 9.10. The second-order valence-electron chi connectivity index (χ2n) is 6.36. The van der Waals surface area contributed by atoms with Crippen LogP contribution in [-0.2, 0) is 6.42 Å². The zero-order valence-corrected chi connectivity index (χ0v) is 13.9. The van der Waals surface area contributed by atoms with Gasteiger partial charge in [0.25, 0.3) is 0 Å². The van der Waals surface area contributed by atoms with Crippen LogP contribution in [0.3, 0.4) is 0 Å². The SMILES string of the molecule is CCCCC1CCC(N)(Cc2cc(Br)ccc2F)CC1. The van der Waals surface area contributed by atoms with Gasteiger partial charge in [-0.3, -0.25) is 0 Å². The van der Waals surface area contributed by atoms with Gasteiger partial charge < -0.3 is 5.73 Å². The van der Waals surface area contributed by atoms with E-state index in [1.807, 2.05) is 6.07 Å². The molecule has 20 heavy (non-hydrogen) atoms. The molecular formula is C17H25BrFN. The van der Waals surface area contributed by atoms with Gasteiger partial charge >= 0.3 is 0 Å². The molecule has 1 aliphatic rings. The summed E-state index contributed by atoms with van der Waals surface area (Å²) in [6, 6.07) is 5.13. The number of unbranched alkanes of at least 4 members (excludes halogenated alkanes) is 1. The molecule has 0 radical (unpaired) electrons. The Morgan fingerprint density at radius 3 is 2.70 bits per heavy atom. The molecule has 1 aliphatic carbocycles. The molecule has 0 amide bonds. The number of rotatable bonds is 5. The van der Waals surface area contributed by atoms with Gasteiger partial charge in [-0.1, -0.05) is 42.1 Å². The minimum atomic E-state index is -0.218. The Bertz CT molecular complexity index is 439. The standard InChI is InChI=1S/C17H25BrFN/c1-2-3-4-13-7-9-17(20,10-8-13)12-14-11-15(18)5-6-16(14)19/h5-6,11,13H,2-4,7-10,12,20H2,1H3. The average Bonchev–Trinajstić information content (AvgIpc) is 2.42. The Morgan fingerprint density at radius 1 is 1.35 bits per heavy atom. The fraction of sp³-hybridized carbons (Fsp3) is 0.647. The summed E-state index contributed by atoms with van der Waals surface area (Å²) in [6.07, 6.45) is 9.02. The maximum Gasteiger partial charge on any atom is 0.126 e. The number of hydrogen-bond donors (Lipinski definition) is 1. The van der Waals surface area contributed by atoms with Crippen LogP contribution < -0.4 is 5.73 Å². The van der Waals surface area contributed by atoms with Gasteiger partial charge in [0, 0.05) is 10.0 Å². The summed E-state index contributed by atoms with van der Waals surface area (Å²) >= 11 is 3.41. The first-order valence-corrected chi connectivity index (χ1v) is 8.54. The molecule has 1 nitrogen and oxygen atoms in total. The number of nitrogens with two attached hydrogens (primary N) is 1. The molecule has 0 atom stereocenters. The predicted molar refractivity (Wildman–Crippen MR) is 86.2 cm³/mol. The van der Waals surface area contributed by atoms with Gasteiger partial charge in [0.2, 0.25) is 0 Å². The third-order valence-electron chi connectivity index (χ3n) is 4.62. The van der Waals surface area contributed by atoms with Crippen LogP contribution in [0.5, 0.6) is 0 Å². The van der Waals surface area contributed by atoms with Crippen molar-refractivity contribution in [3.63, 3.8) is 0 Å². The molecule has 0 aromatic heterocycles. The van der Waals surface area contributed by atoms with Crippen LogP contribution in [0.1, 0.15) is 57.4 Å². The summed E-state index contributed by atoms with van der Waals surface area (Å²) in [5, 5.41) is 0. The lowest BCUT2D eigenvalue weighted by atomic mass is 9.73. The van der Waals surface area contributed by atoms with E-state index in [0.29, 0.717) is 6.42 Å². The summed E-state index contributed by atoms with van der Waals surface area (Å²) in [4.78, 5) is 0. The van der Waals surface area contributed by atoms with Crippen molar-refractivity contribution in [2.45, 2.75) is 63.8 Å². The quantitative estimate of drug-likeness (QED) is 0.781. The number of halogens is 2. The third-order valence-corrected chi connectivity index (χ3v) is 5.11. The monoisotopic (exact) mass is 341 g/mol. The molecule has 1 aromatic rings. The van der Waals surface area contributed by atoms with Gasteiger partial charge in [0.1, 0.15) is 5.82 Å².